The third-order valence-corrected chi connectivity index (χ3v) is 2.90. The Hall–Kier alpha value is -2.21. The van der Waals surface area contributed by atoms with E-state index in [1.165, 1.54) is 10.6 Å². The summed E-state index contributed by atoms with van der Waals surface area (Å²) in [6.07, 6.45) is 2.93. The van der Waals surface area contributed by atoms with Gasteiger partial charge in [0.1, 0.15) is 11.2 Å². The molecule has 106 valence electrons. The summed E-state index contributed by atoms with van der Waals surface area (Å²) in [5.74, 6) is -0.443. The van der Waals surface area contributed by atoms with Crippen LogP contribution in [0.5, 0.6) is 0 Å². The van der Waals surface area contributed by atoms with Crippen molar-refractivity contribution in [3.05, 3.63) is 46.0 Å². The number of amides is 1. The minimum atomic E-state index is -0.443. The predicted octanol–water partition coefficient (Wildman–Crippen LogP) is 0.768. The summed E-state index contributed by atoms with van der Waals surface area (Å²) in [4.78, 5) is 28.4. The summed E-state index contributed by atoms with van der Waals surface area (Å²) in [5.41, 5.74) is 1.17. The highest BCUT2D eigenvalue weighted by atomic mass is 16.5. The molecule has 1 N–H and O–H groups in total. The minimum absolute atomic E-state index is 0.0225. The molecule has 0 aromatic carbocycles. The lowest BCUT2D eigenvalue weighted by molar-refractivity contribution is 0.0903. The van der Waals surface area contributed by atoms with Gasteiger partial charge in [0.25, 0.3) is 11.5 Å². The fraction of sp³-hybridized carbons (Fsp3) is 0.357. The fourth-order valence-corrected chi connectivity index (χ4v) is 1.93. The Morgan fingerprint density at radius 2 is 2.30 bits per heavy atom. The number of rotatable bonds is 4. The molecule has 0 unspecified atom stereocenters. The lowest BCUT2D eigenvalue weighted by Crippen LogP contribution is -2.39. The van der Waals surface area contributed by atoms with Crippen LogP contribution in [-0.4, -0.2) is 35.1 Å². The Morgan fingerprint density at radius 1 is 1.55 bits per heavy atom. The van der Waals surface area contributed by atoms with Crippen LogP contribution in [0.25, 0.3) is 5.65 Å². The molecule has 2 heterocycles. The van der Waals surface area contributed by atoms with Gasteiger partial charge in [0.05, 0.1) is 6.61 Å². The standard InChI is InChI=1S/C14H17N3O3/c1-9-4-5-17-12(6-9)15-7-11(14(17)19)13(18)16-10(2)8-20-3/h4-7,10H,8H2,1-3H3,(H,16,18)/t10-/m0/s1. The summed E-state index contributed by atoms with van der Waals surface area (Å²) in [7, 11) is 1.55. The van der Waals surface area contributed by atoms with E-state index in [0.29, 0.717) is 12.3 Å². The van der Waals surface area contributed by atoms with Crippen LogP contribution in [-0.2, 0) is 4.74 Å². The van der Waals surface area contributed by atoms with E-state index < -0.39 is 5.91 Å². The van der Waals surface area contributed by atoms with Crippen LogP contribution in [0.3, 0.4) is 0 Å². The van der Waals surface area contributed by atoms with Crippen LogP contribution in [0.4, 0.5) is 0 Å². The largest absolute Gasteiger partial charge is 0.383 e. The third-order valence-electron chi connectivity index (χ3n) is 2.90. The normalized spacial score (nSPS) is 12.3. The third kappa shape index (κ3) is 2.85. The van der Waals surface area contributed by atoms with Gasteiger partial charge in [-0.3, -0.25) is 14.0 Å². The summed E-state index contributed by atoms with van der Waals surface area (Å²) in [6.45, 7) is 4.10. The van der Waals surface area contributed by atoms with E-state index in [9.17, 15) is 9.59 Å². The van der Waals surface area contributed by atoms with Gasteiger partial charge in [-0.15, -0.1) is 0 Å². The average molecular weight is 275 g/mol. The van der Waals surface area contributed by atoms with Crippen molar-refractivity contribution < 1.29 is 9.53 Å². The number of fused-ring (bicyclic) bond motifs is 1. The minimum Gasteiger partial charge on any atom is -0.383 e. The average Bonchev–Trinajstić information content (AvgIpc) is 2.38. The number of hydrogen-bond acceptors (Lipinski definition) is 4. The van der Waals surface area contributed by atoms with Crippen LogP contribution in [0.1, 0.15) is 22.8 Å². The number of nitrogens with zero attached hydrogens (tertiary/aromatic N) is 2. The first-order valence-corrected chi connectivity index (χ1v) is 6.30. The summed E-state index contributed by atoms with van der Waals surface area (Å²) in [6, 6.07) is 3.41. The number of nitrogens with one attached hydrogen (secondary N) is 1. The van der Waals surface area contributed by atoms with Gasteiger partial charge in [0.15, 0.2) is 0 Å². The highest BCUT2D eigenvalue weighted by molar-refractivity contribution is 5.93. The van der Waals surface area contributed by atoms with Crippen molar-refractivity contribution in [2.24, 2.45) is 0 Å². The highest BCUT2D eigenvalue weighted by Gasteiger charge is 2.15. The number of hydrogen-bond donors (Lipinski definition) is 1. The van der Waals surface area contributed by atoms with Crippen molar-refractivity contribution in [2.75, 3.05) is 13.7 Å². The van der Waals surface area contributed by atoms with E-state index >= 15 is 0 Å². The van der Waals surface area contributed by atoms with Crippen molar-refractivity contribution in [3.63, 3.8) is 0 Å². The molecule has 0 bridgehead atoms. The maximum atomic E-state index is 12.3. The van der Waals surface area contributed by atoms with Gasteiger partial charge in [-0.1, -0.05) is 0 Å². The molecule has 2 aromatic heterocycles. The highest BCUT2D eigenvalue weighted by Crippen LogP contribution is 2.02. The van der Waals surface area contributed by atoms with E-state index in [2.05, 4.69) is 10.3 Å². The molecule has 2 aromatic rings. The molecule has 0 aliphatic carbocycles. The van der Waals surface area contributed by atoms with Crippen molar-refractivity contribution in [2.45, 2.75) is 19.9 Å². The topological polar surface area (TPSA) is 72.7 Å². The molecule has 0 saturated heterocycles. The second-order valence-corrected chi connectivity index (χ2v) is 4.74. The molecular formula is C14H17N3O3. The lowest BCUT2D eigenvalue weighted by Gasteiger charge is -2.12. The number of aromatic nitrogens is 2. The van der Waals surface area contributed by atoms with Gasteiger partial charge in [0.2, 0.25) is 0 Å². The lowest BCUT2D eigenvalue weighted by atomic mass is 10.2. The molecule has 1 atom stereocenters. The van der Waals surface area contributed by atoms with E-state index in [-0.39, 0.29) is 17.2 Å². The number of aryl methyl sites for hydroxylation is 1. The first-order valence-electron chi connectivity index (χ1n) is 6.30. The zero-order valence-electron chi connectivity index (χ0n) is 11.7. The molecule has 0 aliphatic heterocycles. The molecule has 6 nitrogen and oxygen atoms in total. The fourth-order valence-electron chi connectivity index (χ4n) is 1.93. The number of ether oxygens (including phenoxy) is 1. The Bertz CT molecular complexity index is 694. The summed E-state index contributed by atoms with van der Waals surface area (Å²) in [5, 5.41) is 2.70. The van der Waals surface area contributed by atoms with Crippen LogP contribution < -0.4 is 10.9 Å². The molecule has 0 fully saturated rings. The number of carbonyl (C=O) groups excluding carboxylic acids is 1. The molecule has 0 spiro atoms. The van der Waals surface area contributed by atoms with E-state index in [0.717, 1.165) is 5.56 Å². The number of methoxy groups -OCH3 is 1. The van der Waals surface area contributed by atoms with Crippen molar-refractivity contribution in [3.8, 4) is 0 Å². The van der Waals surface area contributed by atoms with Crippen LogP contribution in [0.15, 0.2) is 29.3 Å². The van der Waals surface area contributed by atoms with Crippen LogP contribution in [0, 0.1) is 6.92 Å². The van der Waals surface area contributed by atoms with E-state index in [4.69, 9.17) is 4.74 Å². The molecule has 20 heavy (non-hydrogen) atoms. The molecule has 2 rings (SSSR count). The molecule has 0 aliphatic rings. The number of carbonyl (C=O) groups is 1. The first-order chi connectivity index (χ1) is 9.52. The summed E-state index contributed by atoms with van der Waals surface area (Å²) >= 11 is 0. The van der Waals surface area contributed by atoms with Gasteiger partial charge in [-0.25, -0.2) is 4.98 Å². The molecule has 1 amide bonds. The van der Waals surface area contributed by atoms with Crippen molar-refractivity contribution in [1.82, 2.24) is 14.7 Å². The Balaban J connectivity index is 2.36. The maximum absolute atomic E-state index is 12.3. The van der Waals surface area contributed by atoms with Gasteiger partial charge >= 0.3 is 0 Å². The molecule has 0 saturated carbocycles. The van der Waals surface area contributed by atoms with Crippen LogP contribution >= 0.6 is 0 Å². The quantitative estimate of drug-likeness (QED) is 0.894. The van der Waals surface area contributed by atoms with Gasteiger partial charge < -0.3 is 10.1 Å². The number of pyridine rings is 1. The monoisotopic (exact) mass is 275 g/mol. The van der Waals surface area contributed by atoms with E-state index in [1.54, 1.807) is 32.4 Å². The van der Waals surface area contributed by atoms with Crippen LogP contribution in [0.2, 0.25) is 0 Å². The van der Waals surface area contributed by atoms with Crippen molar-refractivity contribution in [1.29, 1.82) is 0 Å². The second-order valence-electron chi connectivity index (χ2n) is 4.74. The smallest absolute Gasteiger partial charge is 0.270 e. The Morgan fingerprint density at radius 3 is 3.00 bits per heavy atom. The SMILES string of the molecule is COC[C@H](C)NC(=O)c1cnc2cc(C)ccn2c1=O. The predicted molar refractivity (Wildman–Crippen MR) is 75.0 cm³/mol. The molecular weight excluding hydrogens is 258 g/mol. The van der Waals surface area contributed by atoms with Gasteiger partial charge in [-0.2, -0.15) is 0 Å². The van der Waals surface area contributed by atoms with Gasteiger partial charge in [0, 0.05) is 25.5 Å². The summed E-state index contributed by atoms with van der Waals surface area (Å²) < 4.78 is 6.30. The zero-order chi connectivity index (χ0) is 14.7. The second kappa shape index (κ2) is 5.83. The van der Waals surface area contributed by atoms with Gasteiger partial charge in [-0.05, 0) is 31.5 Å². The van der Waals surface area contributed by atoms with E-state index in [1.807, 2.05) is 6.92 Å². The Labute approximate surface area is 116 Å². The zero-order valence-corrected chi connectivity index (χ0v) is 11.7. The molecule has 0 radical (unpaired) electrons. The maximum Gasteiger partial charge on any atom is 0.270 e. The molecule has 6 heteroatoms. The first kappa shape index (κ1) is 14.2. The van der Waals surface area contributed by atoms with Crippen molar-refractivity contribution >= 4 is 11.6 Å². The Kier molecular flexibility index (Phi) is 4.14.